The molecule has 2 aromatic heterocycles. The maximum atomic E-state index is 9.49. The molecule has 2 N–H and O–H groups in total. The van der Waals surface area contributed by atoms with Gasteiger partial charge in [0.15, 0.2) is 0 Å². The molecular formula is C17H28N6O2. The number of aliphatic hydroxyl groups excluding tert-OH is 2. The van der Waals surface area contributed by atoms with E-state index in [1.54, 1.807) is 4.52 Å². The van der Waals surface area contributed by atoms with Crippen molar-refractivity contribution >= 4 is 17.4 Å². The molecule has 0 bridgehead atoms. The van der Waals surface area contributed by atoms with Crippen LogP contribution in [0.15, 0.2) is 12.4 Å². The van der Waals surface area contributed by atoms with Crippen molar-refractivity contribution in [2.45, 2.75) is 38.5 Å². The molecule has 8 nitrogen and oxygen atoms in total. The van der Waals surface area contributed by atoms with Gasteiger partial charge in [-0.2, -0.15) is 19.6 Å². The van der Waals surface area contributed by atoms with E-state index in [-0.39, 0.29) is 13.2 Å². The standard InChI is InChI=1S/C17H28N6O2/c24-11-6-2-5-9-22(10-12-25)16-13-15(21-7-3-1-4-8-21)20-17-18-14-19-23(16)17/h13-14,24-25H,1-12H2. The van der Waals surface area contributed by atoms with Gasteiger partial charge in [-0.05, 0) is 38.5 Å². The summed E-state index contributed by atoms with van der Waals surface area (Å²) in [6.07, 6.45) is 7.90. The van der Waals surface area contributed by atoms with Crippen LogP contribution in [0.25, 0.3) is 5.78 Å². The molecule has 0 amide bonds. The van der Waals surface area contributed by atoms with Gasteiger partial charge in [0.1, 0.15) is 18.0 Å². The fourth-order valence-corrected chi connectivity index (χ4v) is 3.35. The number of aromatic nitrogens is 4. The van der Waals surface area contributed by atoms with Crippen LogP contribution >= 0.6 is 0 Å². The number of anilines is 2. The summed E-state index contributed by atoms with van der Waals surface area (Å²) < 4.78 is 1.75. The van der Waals surface area contributed by atoms with Gasteiger partial charge < -0.3 is 20.0 Å². The predicted molar refractivity (Wildman–Crippen MR) is 97.1 cm³/mol. The number of rotatable bonds is 9. The third-order valence-corrected chi connectivity index (χ3v) is 4.68. The molecular weight excluding hydrogens is 320 g/mol. The SMILES string of the molecule is OCCCCCN(CCO)c1cc(N2CCCCC2)nc2ncnn12. The van der Waals surface area contributed by atoms with Crippen molar-refractivity contribution < 1.29 is 10.2 Å². The maximum absolute atomic E-state index is 9.49. The van der Waals surface area contributed by atoms with Crippen LogP contribution < -0.4 is 9.80 Å². The van der Waals surface area contributed by atoms with Crippen LogP contribution in [0.2, 0.25) is 0 Å². The molecule has 25 heavy (non-hydrogen) atoms. The van der Waals surface area contributed by atoms with E-state index in [2.05, 4.69) is 30.9 Å². The largest absolute Gasteiger partial charge is 0.396 e. The van der Waals surface area contributed by atoms with Crippen LogP contribution in [0.4, 0.5) is 11.6 Å². The summed E-state index contributed by atoms with van der Waals surface area (Å²) in [5, 5.41) is 22.8. The van der Waals surface area contributed by atoms with Crippen LogP contribution in [0.1, 0.15) is 38.5 Å². The van der Waals surface area contributed by atoms with E-state index >= 15 is 0 Å². The van der Waals surface area contributed by atoms with E-state index in [1.165, 1.54) is 25.6 Å². The van der Waals surface area contributed by atoms with Crippen molar-refractivity contribution in [2.75, 3.05) is 49.2 Å². The van der Waals surface area contributed by atoms with Gasteiger partial charge >= 0.3 is 0 Å². The van der Waals surface area contributed by atoms with Gasteiger partial charge in [-0.1, -0.05) is 0 Å². The maximum Gasteiger partial charge on any atom is 0.256 e. The van der Waals surface area contributed by atoms with Crippen molar-refractivity contribution in [1.82, 2.24) is 19.6 Å². The monoisotopic (exact) mass is 348 g/mol. The minimum absolute atomic E-state index is 0.0809. The van der Waals surface area contributed by atoms with Crippen LogP contribution in [0, 0.1) is 0 Å². The van der Waals surface area contributed by atoms with E-state index in [4.69, 9.17) is 5.11 Å². The van der Waals surface area contributed by atoms with Gasteiger partial charge in [-0.25, -0.2) is 0 Å². The fraction of sp³-hybridized carbons (Fsp3) is 0.706. The molecule has 0 unspecified atom stereocenters. The summed E-state index contributed by atoms with van der Waals surface area (Å²) >= 11 is 0. The third-order valence-electron chi connectivity index (χ3n) is 4.68. The number of fused-ring (bicyclic) bond motifs is 1. The molecule has 1 aliphatic rings. The van der Waals surface area contributed by atoms with Crippen molar-refractivity contribution in [3.63, 3.8) is 0 Å². The summed E-state index contributed by atoms with van der Waals surface area (Å²) in [6.45, 7) is 3.69. The van der Waals surface area contributed by atoms with E-state index in [1.807, 2.05) is 0 Å². The highest BCUT2D eigenvalue weighted by molar-refractivity contribution is 5.56. The van der Waals surface area contributed by atoms with Gasteiger partial charge in [0.05, 0.1) is 6.61 Å². The smallest absolute Gasteiger partial charge is 0.256 e. The lowest BCUT2D eigenvalue weighted by Crippen LogP contribution is -2.33. The van der Waals surface area contributed by atoms with Gasteiger partial charge in [0.25, 0.3) is 5.78 Å². The second-order valence-corrected chi connectivity index (χ2v) is 6.49. The van der Waals surface area contributed by atoms with E-state index in [0.29, 0.717) is 12.3 Å². The summed E-state index contributed by atoms with van der Waals surface area (Å²) in [6, 6.07) is 2.06. The Balaban J connectivity index is 1.86. The van der Waals surface area contributed by atoms with Crippen molar-refractivity contribution in [3.05, 3.63) is 12.4 Å². The Labute approximate surface area is 148 Å². The first-order valence-corrected chi connectivity index (χ1v) is 9.26. The summed E-state index contributed by atoms with van der Waals surface area (Å²) in [7, 11) is 0. The van der Waals surface area contributed by atoms with Gasteiger partial charge in [-0.15, -0.1) is 0 Å². The summed E-state index contributed by atoms with van der Waals surface area (Å²) in [4.78, 5) is 13.4. The first kappa shape index (κ1) is 17.9. The lowest BCUT2D eigenvalue weighted by molar-refractivity contribution is 0.282. The Morgan fingerprint density at radius 3 is 2.60 bits per heavy atom. The predicted octanol–water partition coefficient (Wildman–Crippen LogP) is 1.08. The highest BCUT2D eigenvalue weighted by atomic mass is 16.3. The second kappa shape index (κ2) is 8.96. The Hall–Kier alpha value is -1.93. The summed E-state index contributed by atoms with van der Waals surface area (Å²) in [5.41, 5.74) is 0. The Kier molecular flexibility index (Phi) is 6.41. The molecule has 1 fully saturated rings. The van der Waals surface area contributed by atoms with Crippen LogP contribution in [-0.2, 0) is 0 Å². The van der Waals surface area contributed by atoms with E-state index in [0.717, 1.165) is 50.5 Å². The van der Waals surface area contributed by atoms with Gasteiger partial charge in [0, 0.05) is 38.9 Å². The molecule has 0 saturated carbocycles. The number of unbranched alkanes of at least 4 members (excludes halogenated alkanes) is 2. The Bertz CT molecular complexity index is 656. The first-order chi connectivity index (χ1) is 12.3. The van der Waals surface area contributed by atoms with Crippen LogP contribution in [0.5, 0.6) is 0 Å². The lowest BCUT2D eigenvalue weighted by atomic mass is 10.1. The highest BCUT2D eigenvalue weighted by Crippen LogP contribution is 2.24. The zero-order chi connectivity index (χ0) is 17.5. The zero-order valence-corrected chi connectivity index (χ0v) is 14.7. The molecule has 1 aliphatic heterocycles. The van der Waals surface area contributed by atoms with Crippen molar-refractivity contribution in [2.24, 2.45) is 0 Å². The van der Waals surface area contributed by atoms with Crippen molar-refractivity contribution in [1.29, 1.82) is 0 Å². The van der Waals surface area contributed by atoms with Crippen LogP contribution in [0.3, 0.4) is 0 Å². The Morgan fingerprint density at radius 1 is 1.00 bits per heavy atom. The van der Waals surface area contributed by atoms with Gasteiger partial charge in [0.2, 0.25) is 0 Å². The third kappa shape index (κ3) is 4.38. The molecule has 0 aromatic carbocycles. The molecule has 0 radical (unpaired) electrons. The minimum Gasteiger partial charge on any atom is -0.396 e. The molecule has 138 valence electrons. The van der Waals surface area contributed by atoms with Crippen LogP contribution in [-0.4, -0.2) is 69.2 Å². The first-order valence-electron chi connectivity index (χ1n) is 9.26. The number of aliphatic hydroxyl groups is 2. The molecule has 8 heteroatoms. The van der Waals surface area contributed by atoms with Crippen molar-refractivity contribution in [3.8, 4) is 0 Å². The number of hydrogen-bond acceptors (Lipinski definition) is 7. The fourth-order valence-electron chi connectivity index (χ4n) is 3.35. The number of piperidine rings is 1. The topological polar surface area (TPSA) is 90.0 Å². The quantitative estimate of drug-likeness (QED) is 0.655. The summed E-state index contributed by atoms with van der Waals surface area (Å²) in [5.74, 6) is 2.45. The van der Waals surface area contributed by atoms with E-state index < -0.39 is 0 Å². The molecule has 1 saturated heterocycles. The van der Waals surface area contributed by atoms with Gasteiger partial charge in [-0.3, -0.25) is 0 Å². The molecule has 0 spiro atoms. The number of nitrogens with zero attached hydrogens (tertiary/aromatic N) is 6. The van der Waals surface area contributed by atoms with E-state index in [9.17, 15) is 5.11 Å². The molecule has 0 aliphatic carbocycles. The average Bonchev–Trinajstić information content (AvgIpc) is 3.13. The molecule has 3 heterocycles. The Morgan fingerprint density at radius 2 is 1.84 bits per heavy atom. The minimum atomic E-state index is 0.0809. The zero-order valence-electron chi connectivity index (χ0n) is 14.7. The highest BCUT2D eigenvalue weighted by Gasteiger charge is 2.18. The molecule has 0 atom stereocenters. The molecule has 3 rings (SSSR count). The lowest BCUT2D eigenvalue weighted by Gasteiger charge is -2.30. The second-order valence-electron chi connectivity index (χ2n) is 6.49. The molecule has 2 aromatic rings. The number of hydrogen-bond donors (Lipinski definition) is 2. The average molecular weight is 348 g/mol. The normalized spacial score (nSPS) is 15.0.